The Morgan fingerprint density at radius 2 is 1.92 bits per heavy atom. The van der Waals surface area contributed by atoms with Crippen molar-refractivity contribution in [3.63, 3.8) is 0 Å². The number of rotatable bonds is 9. The lowest BCUT2D eigenvalue weighted by molar-refractivity contribution is -0.122. The van der Waals surface area contributed by atoms with Crippen LogP contribution in [0.2, 0.25) is 4.34 Å². The first-order valence-electron chi connectivity index (χ1n) is 8.44. The number of likely N-dealkylation sites (N-methyl/N-ethyl adjacent to an activating group) is 2. The smallest absolute Gasteiger partial charge is 0.234 e. The van der Waals surface area contributed by atoms with Gasteiger partial charge in [0.2, 0.25) is 5.91 Å². The van der Waals surface area contributed by atoms with Gasteiger partial charge in [0.05, 0.1) is 16.9 Å². The zero-order valence-corrected chi connectivity index (χ0v) is 16.6. The monoisotopic (exact) mass is 379 g/mol. The van der Waals surface area contributed by atoms with Gasteiger partial charge in [0.25, 0.3) is 0 Å². The minimum absolute atomic E-state index is 0.0484. The fourth-order valence-corrected chi connectivity index (χ4v) is 3.81. The van der Waals surface area contributed by atoms with Crippen LogP contribution in [0.25, 0.3) is 0 Å². The molecule has 0 spiro atoms. The van der Waals surface area contributed by atoms with Gasteiger partial charge >= 0.3 is 0 Å². The van der Waals surface area contributed by atoms with Crippen LogP contribution in [-0.2, 0) is 11.3 Å². The Hall–Kier alpha value is -1.40. The standard InChI is InChI=1S/C19H26ClN3OS/c1-4-23(13-16-10-11-18(20)25-16)14-19(24)21-12-17(22(2)3)15-8-6-5-7-9-15/h5-11,17H,4,12-14H2,1-3H3,(H,21,24). The predicted molar refractivity (Wildman–Crippen MR) is 106 cm³/mol. The summed E-state index contributed by atoms with van der Waals surface area (Å²) in [5, 5.41) is 3.07. The van der Waals surface area contributed by atoms with Crippen molar-refractivity contribution in [2.75, 3.05) is 33.7 Å². The molecule has 1 amide bonds. The van der Waals surface area contributed by atoms with Crippen molar-refractivity contribution in [3.8, 4) is 0 Å². The van der Waals surface area contributed by atoms with E-state index in [4.69, 9.17) is 11.6 Å². The highest BCUT2D eigenvalue weighted by Gasteiger charge is 2.16. The van der Waals surface area contributed by atoms with Crippen LogP contribution >= 0.6 is 22.9 Å². The molecular weight excluding hydrogens is 354 g/mol. The molecule has 1 N–H and O–H groups in total. The lowest BCUT2D eigenvalue weighted by atomic mass is 10.1. The Balaban J connectivity index is 1.87. The highest BCUT2D eigenvalue weighted by atomic mass is 35.5. The predicted octanol–water partition coefficient (Wildman–Crippen LogP) is 3.64. The maximum Gasteiger partial charge on any atom is 0.234 e. The number of carbonyl (C=O) groups is 1. The van der Waals surface area contributed by atoms with E-state index < -0.39 is 0 Å². The summed E-state index contributed by atoms with van der Waals surface area (Å²) < 4.78 is 0.784. The molecule has 0 fully saturated rings. The minimum Gasteiger partial charge on any atom is -0.353 e. The first-order valence-corrected chi connectivity index (χ1v) is 9.63. The topological polar surface area (TPSA) is 35.6 Å². The second-order valence-electron chi connectivity index (χ2n) is 6.20. The second-order valence-corrected chi connectivity index (χ2v) is 8.00. The SMILES string of the molecule is CCN(CC(=O)NCC(c1ccccc1)N(C)C)Cc1ccc(Cl)s1. The van der Waals surface area contributed by atoms with Crippen LogP contribution in [0.15, 0.2) is 42.5 Å². The van der Waals surface area contributed by atoms with E-state index >= 15 is 0 Å². The number of benzene rings is 1. The van der Waals surface area contributed by atoms with Gasteiger partial charge in [-0.3, -0.25) is 9.69 Å². The van der Waals surface area contributed by atoms with E-state index in [1.54, 1.807) is 11.3 Å². The molecular formula is C19H26ClN3OS. The third kappa shape index (κ3) is 6.44. The van der Waals surface area contributed by atoms with Gasteiger partial charge in [-0.25, -0.2) is 0 Å². The molecule has 1 heterocycles. The molecule has 1 atom stereocenters. The highest BCUT2D eigenvalue weighted by molar-refractivity contribution is 7.16. The summed E-state index contributed by atoms with van der Waals surface area (Å²) >= 11 is 7.54. The van der Waals surface area contributed by atoms with Crippen molar-refractivity contribution in [1.82, 2.24) is 15.1 Å². The maximum atomic E-state index is 12.4. The van der Waals surface area contributed by atoms with Crippen LogP contribution in [-0.4, -0.2) is 49.4 Å². The summed E-state index contributed by atoms with van der Waals surface area (Å²) in [6, 6.07) is 14.3. The lowest BCUT2D eigenvalue weighted by Gasteiger charge is -2.26. The van der Waals surface area contributed by atoms with Crippen molar-refractivity contribution in [2.45, 2.75) is 19.5 Å². The number of nitrogens with one attached hydrogen (secondary N) is 1. The maximum absolute atomic E-state index is 12.4. The van der Waals surface area contributed by atoms with Gasteiger partial charge in [-0.2, -0.15) is 0 Å². The molecule has 25 heavy (non-hydrogen) atoms. The average molecular weight is 380 g/mol. The molecule has 0 aliphatic heterocycles. The average Bonchev–Trinajstić information content (AvgIpc) is 3.00. The summed E-state index contributed by atoms with van der Waals surface area (Å²) in [6.45, 7) is 4.62. The van der Waals surface area contributed by atoms with Crippen molar-refractivity contribution >= 4 is 28.8 Å². The number of amides is 1. The van der Waals surface area contributed by atoms with Crippen LogP contribution in [0, 0.1) is 0 Å². The Morgan fingerprint density at radius 1 is 1.20 bits per heavy atom. The van der Waals surface area contributed by atoms with E-state index in [9.17, 15) is 4.79 Å². The van der Waals surface area contributed by atoms with Gasteiger partial charge in [0.15, 0.2) is 0 Å². The van der Waals surface area contributed by atoms with E-state index in [0.29, 0.717) is 13.1 Å². The van der Waals surface area contributed by atoms with Crippen molar-refractivity contribution in [2.24, 2.45) is 0 Å². The first kappa shape index (κ1) is 19.9. The van der Waals surface area contributed by atoms with Gasteiger partial charge in [0, 0.05) is 18.0 Å². The third-order valence-corrected chi connectivity index (χ3v) is 5.34. The Kier molecular flexibility index (Phi) is 7.90. The molecule has 0 bridgehead atoms. The number of halogens is 1. The summed E-state index contributed by atoms with van der Waals surface area (Å²) in [5.41, 5.74) is 1.20. The minimum atomic E-state index is 0.0484. The molecule has 2 aromatic rings. The molecule has 4 nitrogen and oxygen atoms in total. The molecule has 0 radical (unpaired) electrons. The fourth-order valence-electron chi connectivity index (χ4n) is 2.68. The van der Waals surface area contributed by atoms with Crippen molar-refractivity contribution in [3.05, 3.63) is 57.2 Å². The third-order valence-electron chi connectivity index (χ3n) is 4.12. The molecule has 2 rings (SSSR count). The number of nitrogens with zero attached hydrogens (tertiary/aromatic N) is 2. The quantitative estimate of drug-likeness (QED) is 0.722. The fraction of sp³-hybridized carbons (Fsp3) is 0.421. The number of hydrogen-bond acceptors (Lipinski definition) is 4. The van der Waals surface area contributed by atoms with Crippen LogP contribution in [0.5, 0.6) is 0 Å². The van der Waals surface area contributed by atoms with E-state index in [-0.39, 0.29) is 11.9 Å². The first-order chi connectivity index (χ1) is 12.0. The van der Waals surface area contributed by atoms with Crippen molar-refractivity contribution in [1.29, 1.82) is 0 Å². The number of carbonyl (C=O) groups excluding carboxylic acids is 1. The Labute approximate surface area is 159 Å². The summed E-state index contributed by atoms with van der Waals surface area (Å²) in [4.78, 5) is 17.8. The number of thiophene rings is 1. The summed E-state index contributed by atoms with van der Waals surface area (Å²) in [5.74, 6) is 0.0484. The molecule has 0 aliphatic rings. The van der Waals surface area contributed by atoms with E-state index in [1.807, 2.05) is 44.4 Å². The van der Waals surface area contributed by atoms with Gasteiger partial charge in [-0.15, -0.1) is 11.3 Å². The molecule has 1 aromatic carbocycles. The molecule has 1 aromatic heterocycles. The van der Waals surface area contributed by atoms with Crippen LogP contribution in [0.3, 0.4) is 0 Å². The molecule has 0 saturated heterocycles. The van der Waals surface area contributed by atoms with E-state index in [0.717, 1.165) is 17.4 Å². The van der Waals surface area contributed by atoms with Crippen LogP contribution in [0.1, 0.15) is 23.4 Å². The second kappa shape index (κ2) is 9.92. The van der Waals surface area contributed by atoms with Gasteiger partial charge in [-0.1, -0.05) is 48.9 Å². The molecule has 1 unspecified atom stereocenters. The highest BCUT2D eigenvalue weighted by Crippen LogP contribution is 2.22. The van der Waals surface area contributed by atoms with Crippen molar-refractivity contribution < 1.29 is 4.79 Å². The Bertz CT molecular complexity index is 660. The summed E-state index contributed by atoms with van der Waals surface area (Å²) in [7, 11) is 4.06. The zero-order chi connectivity index (χ0) is 18.2. The van der Waals surface area contributed by atoms with E-state index in [1.165, 1.54) is 10.4 Å². The molecule has 0 saturated carbocycles. The lowest BCUT2D eigenvalue weighted by Crippen LogP contribution is -2.40. The van der Waals surface area contributed by atoms with Crippen LogP contribution < -0.4 is 5.32 Å². The van der Waals surface area contributed by atoms with Gasteiger partial charge in [0.1, 0.15) is 0 Å². The molecule has 6 heteroatoms. The normalized spacial score (nSPS) is 12.6. The summed E-state index contributed by atoms with van der Waals surface area (Å²) in [6.07, 6.45) is 0. The van der Waals surface area contributed by atoms with E-state index in [2.05, 4.69) is 34.2 Å². The zero-order valence-electron chi connectivity index (χ0n) is 15.0. The molecule has 0 aliphatic carbocycles. The molecule has 136 valence electrons. The largest absolute Gasteiger partial charge is 0.353 e. The number of hydrogen-bond donors (Lipinski definition) is 1. The van der Waals surface area contributed by atoms with Crippen LogP contribution in [0.4, 0.5) is 0 Å². The van der Waals surface area contributed by atoms with Gasteiger partial charge in [-0.05, 0) is 38.3 Å². The van der Waals surface area contributed by atoms with Gasteiger partial charge < -0.3 is 10.2 Å². The Morgan fingerprint density at radius 3 is 2.48 bits per heavy atom.